The van der Waals surface area contributed by atoms with Crippen LogP contribution in [0, 0.1) is 0 Å². The largest absolute Gasteiger partial charge is 0.506 e. The zero-order chi connectivity index (χ0) is 12.3. The lowest BCUT2D eigenvalue weighted by molar-refractivity contribution is -0.141. The molecule has 1 rings (SSSR count). The molecule has 1 aromatic carbocycles. The van der Waals surface area contributed by atoms with E-state index in [0.717, 1.165) is 0 Å². The summed E-state index contributed by atoms with van der Waals surface area (Å²) in [6.45, 7) is 3.40. The van der Waals surface area contributed by atoms with Gasteiger partial charge in [0, 0.05) is 6.42 Å². The van der Waals surface area contributed by atoms with Crippen molar-refractivity contribution < 1.29 is 15.0 Å². The maximum Gasteiger partial charge on any atom is 0.328 e. The van der Waals surface area contributed by atoms with Gasteiger partial charge >= 0.3 is 5.97 Å². The van der Waals surface area contributed by atoms with Crippen molar-refractivity contribution in [3.8, 4) is 5.75 Å². The van der Waals surface area contributed by atoms with Crippen LogP contribution in [0.4, 0.5) is 0 Å². The summed E-state index contributed by atoms with van der Waals surface area (Å²) in [5.41, 5.74) is 4.73. The van der Waals surface area contributed by atoms with Crippen molar-refractivity contribution >= 4 is 17.6 Å². The normalized spacial score (nSPS) is 14.1. The molecule has 4 nitrogen and oxygen atoms in total. The molecule has 0 amide bonds. The van der Waals surface area contributed by atoms with E-state index >= 15 is 0 Å². The van der Waals surface area contributed by atoms with E-state index in [1.165, 1.54) is 18.2 Å². The fraction of sp³-hybridized carbons (Fsp3) is 0.182. The molecule has 4 N–H and O–H groups in total. The van der Waals surface area contributed by atoms with Crippen molar-refractivity contribution in [2.75, 3.05) is 0 Å². The minimum atomic E-state index is -1.53. The van der Waals surface area contributed by atoms with E-state index in [1.807, 2.05) is 0 Å². The van der Waals surface area contributed by atoms with Gasteiger partial charge in [-0.05, 0) is 17.7 Å². The molecule has 0 aliphatic heterocycles. The maximum absolute atomic E-state index is 10.9. The quantitative estimate of drug-likeness (QED) is 0.699. The lowest BCUT2D eigenvalue weighted by atomic mass is 9.92. The lowest BCUT2D eigenvalue weighted by Gasteiger charge is -2.20. The summed E-state index contributed by atoms with van der Waals surface area (Å²) >= 11 is 5.70. The maximum atomic E-state index is 10.9. The smallest absolute Gasteiger partial charge is 0.328 e. The molecule has 0 heterocycles. The van der Waals surface area contributed by atoms with Crippen molar-refractivity contribution in [1.29, 1.82) is 0 Å². The summed E-state index contributed by atoms with van der Waals surface area (Å²) in [6, 6.07) is 4.43. The van der Waals surface area contributed by atoms with Crippen LogP contribution < -0.4 is 5.73 Å². The highest BCUT2D eigenvalue weighted by atomic mass is 35.5. The highest BCUT2D eigenvalue weighted by Gasteiger charge is 2.30. The van der Waals surface area contributed by atoms with Crippen LogP contribution in [0.25, 0.3) is 0 Å². The van der Waals surface area contributed by atoms with E-state index in [-0.39, 0.29) is 17.2 Å². The summed E-state index contributed by atoms with van der Waals surface area (Å²) in [5, 5.41) is 18.3. The third kappa shape index (κ3) is 2.53. The van der Waals surface area contributed by atoms with Crippen molar-refractivity contribution in [1.82, 2.24) is 0 Å². The molecule has 0 spiro atoms. The van der Waals surface area contributed by atoms with Crippen LogP contribution in [0.2, 0.25) is 5.02 Å². The van der Waals surface area contributed by atoms with Crippen LogP contribution in [0.1, 0.15) is 5.56 Å². The van der Waals surface area contributed by atoms with Gasteiger partial charge in [0.25, 0.3) is 0 Å². The van der Waals surface area contributed by atoms with Gasteiger partial charge in [-0.3, -0.25) is 0 Å². The highest BCUT2D eigenvalue weighted by Crippen LogP contribution is 2.25. The molecule has 5 heteroatoms. The summed E-state index contributed by atoms with van der Waals surface area (Å²) in [7, 11) is 0. The first kappa shape index (κ1) is 12.5. The van der Waals surface area contributed by atoms with Gasteiger partial charge in [0.05, 0.1) is 5.02 Å². The number of aromatic hydroxyl groups is 1. The van der Waals surface area contributed by atoms with Gasteiger partial charge in [-0.1, -0.05) is 23.7 Å². The van der Waals surface area contributed by atoms with Crippen LogP contribution >= 0.6 is 11.6 Å². The molecule has 0 aromatic heterocycles. The van der Waals surface area contributed by atoms with E-state index in [0.29, 0.717) is 5.56 Å². The summed E-state index contributed by atoms with van der Waals surface area (Å²) in [4.78, 5) is 10.9. The molecule has 1 aromatic rings. The van der Waals surface area contributed by atoms with Gasteiger partial charge in [-0.25, -0.2) is 4.79 Å². The molecule has 0 saturated carbocycles. The molecule has 16 heavy (non-hydrogen) atoms. The van der Waals surface area contributed by atoms with E-state index in [1.54, 1.807) is 6.07 Å². The number of benzene rings is 1. The number of phenolic OH excluding ortho intramolecular Hbond substituents is 1. The van der Waals surface area contributed by atoms with Gasteiger partial charge in [0.15, 0.2) is 0 Å². The van der Waals surface area contributed by atoms with Crippen molar-refractivity contribution in [3.63, 3.8) is 0 Å². The van der Waals surface area contributed by atoms with Crippen LogP contribution in [-0.4, -0.2) is 21.7 Å². The molecule has 0 aliphatic rings. The molecule has 86 valence electrons. The number of nitrogens with two attached hydrogens (primary N) is 1. The summed E-state index contributed by atoms with van der Waals surface area (Å²) in [5.74, 6) is -1.21. The van der Waals surface area contributed by atoms with Crippen LogP contribution in [-0.2, 0) is 11.2 Å². The Balaban J connectivity index is 2.99. The van der Waals surface area contributed by atoms with Crippen molar-refractivity contribution in [2.24, 2.45) is 5.73 Å². The fourth-order valence-electron chi connectivity index (χ4n) is 1.23. The monoisotopic (exact) mass is 241 g/mol. The Morgan fingerprint density at radius 3 is 2.69 bits per heavy atom. The molecule has 1 unspecified atom stereocenters. The fourth-order valence-corrected chi connectivity index (χ4v) is 1.44. The topological polar surface area (TPSA) is 83.5 Å². The van der Waals surface area contributed by atoms with Gasteiger partial charge in [-0.2, -0.15) is 0 Å². The third-order valence-electron chi connectivity index (χ3n) is 2.27. The van der Waals surface area contributed by atoms with Gasteiger partial charge in [0.2, 0.25) is 0 Å². The molecule has 0 aliphatic carbocycles. The first-order valence-electron chi connectivity index (χ1n) is 4.52. The third-order valence-corrected chi connectivity index (χ3v) is 2.57. The number of halogens is 1. The first-order chi connectivity index (χ1) is 7.39. The number of rotatable bonds is 4. The molecule has 1 atom stereocenters. The molecular formula is C11H12ClNO3. The predicted octanol–water partition coefficient (Wildman–Crippen LogP) is 1.56. The number of carboxylic acid groups (broad SMARTS) is 1. The van der Waals surface area contributed by atoms with E-state index in [9.17, 15) is 9.90 Å². The summed E-state index contributed by atoms with van der Waals surface area (Å²) in [6.07, 6.45) is 1.24. The molecule has 0 fully saturated rings. The number of hydrogen-bond acceptors (Lipinski definition) is 3. The predicted molar refractivity (Wildman–Crippen MR) is 61.6 cm³/mol. The molecule has 0 bridgehead atoms. The zero-order valence-electron chi connectivity index (χ0n) is 8.48. The SMILES string of the molecule is C=CC(N)(Cc1ccc(O)c(Cl)c1)C(=O)O. The molecule has 0 saturated heterocycles. The van der Waals surface area contributed by atoms with E-state index < -0.39 is 11.5 Å². The second-order valence-corrected chi connectivity index (χ2v) is 3.92. The Hall–Kier alpha value is -1.52. The van der Waals surface area contributed by atoms with Gasteiger partial charge < -0.3 is 15.9 Å². The Labute approximate surface area is 98.0 Å². The minimum absolute atomic E-state index is 0.0537. The van der Waals surface area contributed by atoms with Gasteiger partial charge in [-0.15, -0.1) is 6.58 Å². The Morgan fingerprint density at radius 2 is 2.25 bits per heavy atom. The average molecular weight is 242 g/mol. The Kier molecular flexibility index (Phi) is 3.57. The van der Waals surface area contributed by atoms with Crippen LogP contribution in [0.5, 0.6) is 5.75 Å². The second kappa shape index (κ2) is 4.55. The average Bonchev–Trinajstić information content (AvgIpc) is 2.23. The summed E-state index contributed by atoms with van der Waals surface area (Å²) < 4.78 is 0. The second-order valence-electron chi connectivity index (χ2n) is 3.51. The van der Waals surface area contributed by atoms with Crippen molar-refractivity contribution in [2.45, 2.75) is 12.0 Å². The van der Waals surface area contributed by atoms with Gasteiger partial charge in [0.1, 0.15) is 11.3 Å². The van der Waals surface area contributed by atoms with Crippen molar-refractivity contribution in [3.05, 3.63) is 41.4 Å². The highest BCUT2D eigenvalue weighted by molar-refractivity contribution is 6.32. The molecule has 0 radical (unpaired) electrons. The first-order valence-corrected chi connectivity index (χ1v) is 4.90. The Bertz CT molecular complexity index is 433. The van der Waals surface area contributed by atoms with E-state index in [4.69, 9.17) is 22.4 Å². The number of aliphatic carboxylic acids is 1. The van der Waals surface area contributed by atoms with Crippen LogP contribution in [0.15, 0.2) is 30.9 Å². The zero-order valence-corrected chi connectivity index (χ0v) is 9.24. The number of carbonyl (C=O) groups is 1. The standard InChI is InChI=1S/C11H12ClNO3/c1-2-11(13,10(15)16)6-7-3-4-9(14)8(12)5-7/h2-5,14H,1,6,13H2,(H,15,16). The van der Waals surface area contributed by atoms with Crippen LogP contribution in [0.3, 0.4) is 0 Å². The number of hydrogen-bond donors (Lipinski definition) is 3. The van der Waals surface area contributed by atoms with E-state index in [2.05, 4.69) is 6.58 Å². The number of carboxylic acids is 1. The minimum Gasteiger partial charge on any atom is -0.506 e. The lowest BCUT2D eigenvalue weighted by Crippen LogP contribution is -2.47. The number of phenols is 1. The molecular weight excluding hydrogens is 230 g/mol. The Morgan fingerprint density at radius 1 is 1.62 bits per heavy atom.